The maximum absolute atomic E-state index is 13.4. The van der Waals surface area contributed by atoms with E-state index in [-0.39, 0.29) is 17.9 Å². The highest BCUT2D eigenvalue weighted by Gasteiger charge is 2.29. The zero-order chi connectivity index (χ0) is 22.8. The highest BCUT2D eigenvalue weighted by atomic mass is 35.5. The van der Waals surface area contributed by atoms with Crippen LogP contribution in [0.4, 0.5) is 11.4 Å². The summed E-state index contributed by atoms with van der Waals surface area (Å²) >= 11 is 12.0. The molecule has 1 N–H and O–H groups in total. The highest BCUT2D eigenvalue weighted by molar-refractivity contribution is 6.35. The molecule has 32 heavy (non-hydrogen) atoms. The van der Waals surface area contributed by atoms with Crippen LogP contribution in [-0.4, -0.2) is 43.4 Å². The lowest BCUT2D eigenvalue weighted by atomic mass is 9.96. The minimum Gasteiger partial charge on any atom is -0.322 e. The van der Waals surface area contributed by atoms with E-state index in [2.05, 4.69) is 16.3 Å². The van der Waals surface area contributed by atoms with Crippen molar-refractivity contribution in [1.29, 1.82) is 0 Å². The third-order valence-corrected chi connectivity index (χ3v) is 6.06. The molecule has 0 saturated heterocycles. The van der Waals surface area contributed by atoms with Crippen LogP contribution in [0.2, 0.25) is 10.0 Å². The molecule has 1 unspecified atom stereocenters. The third kappa shape index (κ3) is 4.80. The van der Waals surface area contributed by atoms with Crippen molar-refractivity contribution in [2.24, 2.45) is 0 Å². The van der Waals surface area contributed by atoms with E-state index in [0.29, 0.717) is 33.4 Å². The van der Waals surface area contributed by atoms with Crippen LogP contribution in [-0.2, 0) is 6.42 Å². The molecule has 0 aliphatic carbocycles. The molecule has 2 amide bonds. The first-order valence-electron chi connectivity index (χ1n) is 10.3. The number of amides is 2. The molecule has 0 radical (unpaired) electrons. The minimum atomic E-state index is -0.327. The van der Waals surface area contributed by atoms with Gasteiger partial charge in [0, 0.05) is 45.1 Å². The lowest BCUT2D eigenvalue weighted by Gasteiger charge is -2.37. The number of fused-ring (bicyclic) bond motifs is 1. The molecular formula is C25H23Cl2N3O2. The average Bonchev–Trinajstić information content (AvgIpc) is 2.77. The van der Waals surface area contributed by atoms with Crippen LogP contribution >= 0.6 is 23.2 Å². The second-order valence-electron chi connectivity index (χ2n) is 8.06. The number of hydrogen-bond acceptors (Lipinski definition) is 3. The van der Waals surface area contributed by atoms with Gasteiger partial charge in [0.25, 0.3) is 11.8 Å². The van der Waals surface area contributed by atoms with E-state index in [1.165, 1.54) is 0 Å². The number of nitrogens with one attached hydrogen (secondary N) is 1. The van der Waals surface area contributed by atoms with Crippen LogP contribution in [0.25, 0.3) is 0 Å². The Morgan fingerprint density at radius 3 is 2.25 bits per heavy atom. The summed E-state index contributed by atoms with van der Waals surface area (Å²) in [5.74, 6) is -0.393. The summed E-state index contributed by atoms with van der Waals surface area (Å²) in [4.78, 5) is 29.9. The molecule has 0 bridgehead atoms. The summed E-state index contributed by atoms with van der Waals surface area (Å²) < 4.78 is 0. The van der Waals surface area contributed by atoms with Crippen molar-refractivity contribution < 1.29 is 9.59 Å². The molecule has 3 aromatic rings. The van der Waals surface area contributed by atoms with Gasteiger partial charge in [0.15, 0.2) is 0 Å². The molecule has 7 heteroatoms. The number of hydrogen-bond donors (Lipinski definition) is 1. The van der Waals surface area contributed by atoms with Gasteiger partial charge in [-0.1, -0.05) is 41.4 Å². The summed E-state index contributed by atoms with van der Waals surface area (Å²) in [7, 11) is 4.07. The van der Waals surface area contributed by atoms with Gasteiger partial charge in [-0.25, -0.2) is 0 Å². The van der Waals surface area contributed by atoms with Gasteiger partial charge in [0.05, 0.1) is 0 Å². The highest BCUT2D eigenvalue weighted by Crippen LogP contribution is 2.30. The van der Waals surface area contributed by atoms with Crippen LogP contribution in [0.15, 0.2) is 66.7 Å². The van der Waals surface area contributed by atoms with Crippen molar-refractivity contribution in [2.45, 2.75) is 12.5 Å². The Hall–Kier alpha value is -2.86. The minimum absolute atomic E-state index is 0.0662. The summed E-state index contributed by atoms with van der Waals surface area (Å²) in [5.41, 5.74) is 3.61. The molecule has 1 aliphatic rings. The first kappa shape index (κ1) is 22.3. The van der Waals surface area contributed by atoms with Crippen molar-refractivity contribution >= 4 is 46.4 Å². The van der Waals surface area contributed by atoms with Gasteiger partial charge in [-0.15, -0.1) is 0 Å². The van der Waals surface area contributed by atoms with Crippen molar-refractivity contribution in [3.8, 4) is 0 Å². The Morgan fingerprint density at radius 1 is 0.938 bits per heavy atom. The normalized spacial score (nSPS) is 15.4. The molecule has 0 spiro atoms. The molecule has 1 heterocycles. The summed E-state index contributed by atoms with van der Waals surface area (Å²) in [5, 5.41) is 3.59. The van der Waals surface area contributed by atoms with E-state index in [0.717, 1.165) is 17.7 Å². The summed E-state index contributed by atoms with van der Waals surface area (Å²) in [6, 6.07) is 19.8. The first-order chi connectivity index (χ1) is 15.3. The van der Waals surface area contributed by atoms with Crippen LogP contribution in [0.5, 0.6) is 0 Å². The second kappa shape index (κ2) is 9.33. The van der Waals surface area contributed by atoms with E-state index in [4.69, 9.17) is 23.2 Å². The molecule has 0 saturated carbocycles. The van der Waals surface area contributed by atoms with E-state index >= 15 is 0 Å². The van der Waals surface area contributed by atoms with Gasteiger partial charge < -0.3 is 15.1 Å². The SMILES string of the molecule is CN(C)C1Cc2ccccc2N(C(=O)c2ccc(NC(=O)c3cc(Cl)cc(Cl)c3)cc2)C1. The zero-order valence-corrected chi connectivity index (χ0v) is 19.3. The third-order valence-electron chi connectivity index (χ3n) is 5.62. The predicted molar refractivity (Wildman–Crippen MR) is 130 cm³/mol. The number of anilines is 2. The van der Waals surface area contributed by atoms with Crippen LogP contribution in [0.1, 0.15) is 26.3 Å². The Kier molecular flexibility index (Phi) is 6.51. The van der Waals surface area contributed by atoms with Crippen LogP contribution in [0.3, 0.4) is 0 Å². The lowest BCUT2D eigenvalue weighted by molar-refractivity contribution is 0.0975. The standard InChI is InChI=1S/C25H23Cl2N3O2/c1-29(2)22-13-17-5-3-4-6-23(17)30(15-22)25(32)16-7-9-21(10-8-16)28-24(31)18-11-19(26)14-20(27)12-18/h3-12,14,22H,13,15H2,1-2H3,(H,28,31). The number of benzene rings is 3. The van der Waals surface area contributed by atoms with E-state index in [9.17, 15) is 9.59 Å². The van der Waals surface area contributed by atoms with Crippen LogP contribution in [0, 0.1) is 0 Å². The monoisotopic (exact) mass is 467 g/mol. The number of carbonyl (C=O) groups excluding carboxylic acids is 2. The number of para-hydroxylation sites is 1. The fraction of sp³-hybridized carbons (Fsp3) is 0.200. The fourth-order valence-electron chi connectivity index (χ4n) is 3.85. The number of carbonyl (C=O) groups is 2. The van der Waals surface area contributed by atoms with E-state index < -0.39 is 0 Å². The van der Waals surface area contributed by atoms with Gasteiger partial charge in [-0.3, -0.25) is 9.59 Å². The van der Waals surface area contributed by atoms with Crippen molar-refractivity contribution in [1.82, 2.24) is 4.90 Å². The smallest absolute Gasteiger partial charge is 0.258 e. The van der Waals surface area contributed by atoms with Gasteiger partial charge in [0.2, 0.25) is 0 Å². The number of halogens is 2. The number of nitrogens with zero attached hydrogens (tertiary/aromatic N) is 2. The maximum Gasteiger partial charge on any atom is 0.258 e. The molecule has 4 rings (SSSR count). The number of likely N-dealkylation sites (N-methyl/N-ethyl adjacent to an activating group) is 1. The van der Waals surface area contributed by atoms with Crippen LogP contribution < -0.4 is 10.2 Å². The van der Waals surface area contributed by atoms with Gasteiger partial charge in [0.1, 0.15) is 0 Å². The van der Waals surface area contributed by atoms with Gasteiger partial charge in [-0.05, 0) is 74.6 Å². The summed E-state index contributed by atoms with van der Waals surface area (Å²) in [6.07, 6.45) is 0.908. The quantitative estimate of drug-likeness (QED) is 0.560. The second-order valence-corrected chi connectivity index (χ2v) is 8.93. The van der Waals surface area contributed by atoms with E-state index in [1.54, 1.807) is 42.5 Å². The zero-order valence-electron chi connectivity index (χ0n) is 17.8. The summed E-state index contributed by atoms with van der Waals surface area (Å²) in [6.45, 7) is 0.622. The molecule has 5 nitrogen and oxygen atoms in total. The molecule has 3 aromatic carbocycles. The molecular weight excluding hydrogens is 445 g/mol. The van der Waals surface area contributed by atoms with Crippen molar-refractivity contribution in [2.75, 3.05) is 30.9 Å². The van der Waals surface area contributed by atoms with E-state index in [1.807, 2.05) is 37.2 Å². The van der Waals surface area contributed by atoms with Gasteiger partial charge >= 0.3 is 0 Å². The van der Waals surface area contributed by atoms with Crippen molar-refractivity contribution in [3.63, 3.8) is 0 Å². The molecule has 164 valence electrons. The maximum atomic E-state index is 13.4. The average molecular weight is 468 g/mol. The van der Waals surface area contributed by atoms with Gasteiger partial charge in [-0.2, -0.15) is 0 Å². The fourth-order valence-corrected chi connectivity index (χ4v) is 4.38. The Bertz CT molecular complexity index is 1140. The topological polar surface area (TPSA) is 52.6 Å². The predicted octanol–water partition coefficient (Wildman–Crippen LogP) is 5.38. The molecule has 0 aromatic heterocycles. The lowest BCUT2D eigenvalue weighted by Crippen LogP contribution is -2.48. The largest absolute Gasteiger partial charge is 0.322 e. The molecule has 1 atom stereocenters. The van der Waals surface area contributed by atoms with Crippen molar-refractivity contribution in [3.05, 3.63) is 93.5 Å². The molecule has 0 fully saturated rings. The Balaban J connectivity index is 1.52. The number of rotatable bonds is 4. The molecule has 1 aliphatic heterocycles. The Morgan fingerprint density at radius 2 is 1.59 bits per heavy atom. The first-order valence-corrected chi connectivity index (χ1v) is 11.0. The Labute approximate surface area is 197 Å².